The lowest BCUT2D eigenvalue weighted by Gasteiger charge is -2.15. The fourth-order valence-corrected chi connectivity index (χ4v) is 8.38. The Labute approximate surface area is 363 Å². The van der Waals surface area contributed by atoms with Crippen molar-refractivity contribution < 1.29 is 24.2 Å². The first-order valence-electron chi connectivity index (χ1n) is 26.6. The van der Waals surface area contributed by atoms with Crippen molar-refractivity contribution in [3.8, 4) is 0 Å². The van der Waals surface area contributed by atoms with Crippen LogP contribution in [0.25, 0.3) is 0 Å². The van der Waals surface area contributed by atoms with Gasteiger partial charge in [-0.05, 0) is 12.8 Å². The summed E-state index contributed by atoms with van der Waals surface area (Å²) in [5, 5.41) is 9.61. The molecule has 0 aliphatic heterocycles. The second kappa shape index (κ2) is 50.3. The minimum absolute atomic E-state index is 0.0564. The zero-order valence-electron chi connectivity index (χ0n) is 39.6. The van der Waals surface area contributed by atoms with E-state index in [2.05, 4.69) is 13.8 Å². The van der Waals surface area contributed by atoms with Gasteiger partial charge in [0.2, 0.25) is 0 Å². The number of aliphatic hydroxyl groups excluding tert-OH is 1. The molecule has 0 aromatic heterocycles. The number of esters is 2. The summed E-state index contributed by atoms with van der Waals surface area (Å²) in [7, 11) is 0. The highest BCUT2D eigenvalue weighted by Gasteiger charge is 2.16. The molecule has 5 heteroatoms. The average molecular weight is 821 g/mol. The van der Waals surface area contributed by atoms with Gasteiger partial charge in [-0.3, -0.25) is 9.59 Å². The number of rotatable bonds is 50. The molecule has 0 amide bonds. The van der Waals surface area contributed by atoms with Gasteiger partial charge in [0.25, 0.3) is 0 Å². The first-order chi connectivity index (χ1) is 28.6. The molecule has 0 bridgehead atoms. The van der Waals surface area contributed by atoms with Crippen molar-refractivity contribution in [2.45, 2.75) is 315 Å². The first-order valence-corrected chi connectivity index (χ1v) is 26.6. The van der Waals surface area contributed by atoms with Crippen LogP contribution in [0, 0.1) is 0 Å². The van der Waals surface area contributed by atoms with Crippen molar-refractivity contribution in [3.63, 3.8) is 0 Å². The van der Waals surface area contributed by atoms with Crippen LogP contribution >= 0.6 is 0 Å². The van der Waals surface area contributed by atoms with E-state index in [-0.39, 0.29) is 25.2 Å². The first kappa shape index (κ1) is 56.9. The van der Waals surface area contributed by atoms with Gasteiger partial charge in [0.05, 0.1) is 6.61 Å². The van der Waals surface area contributed by atoms with Gasteiger partial charge in [-0.15, -0.1) is 0 Å². The monoisotopic (exact) mass is 821 g/mol. The van der Waals surface area contributed by atoms with Crippen molar-refractivity contribution >= 4 is 11.9 Å². The molecule has 0 saturated heterocycles. The van der Waals surface area contributed by atoms with Crippen molar-refractivity contribution in [2.75, 3.05) is 13.2 Å². The summed E-state index contributed by atoms with van der Waals surface area (Å²) in [6.07, 6.45) is 59.4. The van der Waals surface area contributed by atoms with E-state index in [1.807, 2.05) is 0 Å². The SMILES string of the molecule is CCCCCCCCCCCCCCCCCCCCCCCCCCCCCCCCCC(=O)OC(CO)COC(=O)CCCCCCCCCCCCCCC. The molecule has 1 N–H and O–H groups in total. The van der Waals surface area contributed by atoms with Gasteiger partial charge >= 0.3 is 11.9 Å². The Morgan fingerprint density at radius 3 is 0.759 bits per heavy atom. The minimum Gasteiger partial charge on any atom is -0.462 e. The van der Waals surface area contributed by atoms with E-state index in [1.54, 1.807) is 0 Å². The van der Waals surface area contributed by atoms with Crippen LogP contribution in [0.2, 0.25) is 0 Å². The summed E-state index contributed by atoms with van der Waals surface area (Å²) < 4.78 is 10.7. The number of ether oxygens (including phenoxy) is 2. The predicted molar refractivity (Wildman–Crippen MR) is 252 cm³/mol. The van der Waals surface area contributed by atoms with Crippen LogP contribution in [-0.4, -0.2) is 36.4 Å². The lowest BCUT2D eigenvalue weighted by Crippen LogP contribution is -2.28. The maximum Gasteiger partial charge on any atom is 0.306 e. The molecule has 0 aromatic carbocycles. The van der Waals surface area contributed by atoms with E-state index >= 15 is 0 Å². The molecule has 1 unspecified atom stereocenters. The number of aliphatic hydroxyl groups is 1. The topological polar surface area (TPSA) is 72.8 Å². The molecule has 346 valence electrons. The zero-order valence-corrected chi connectivity index (χ0v) is 39.6. The van der Waals surface area contributed by atoms with Gasteiger partial charge < -0.3 is 14.6 Å². The normalized spacial score (nSPS) is 12.0. The highest BCUT2D eigenvalue weighted by molar-refractivity contribution is 5.70. The summed E-state index contributed by atoms with van der Waals surface area (Å²) in [6.45, 7) is 4.19. The molecule has 0 aromatic rings. The number of hydrogen-bond donors (Lipinski definition) is 1. The number of hydrogen-bond acceptors (Lipinski definition) is 5. The van der Waals surface area contributed by atoms with Crippen LogP contribution < -0.4 is 0 Å². The van der Waals surface area contributed by atoms with Gasteiger partial charge in [0.1, 0.15) is 6.61 Å². The lowest BCUT2D eigenvalue weighted by atomic mass is 10.0. The Balaban J connectivity index is 3.36. The van der Waals surface area contributed by atoms with Crippen molar-refractivity contribution in [2.24, 2.45) is 0 Å². The van der Waals surface area contributed by atoms with Crippen LogP contribution in [0.1, 0.15) is 309 Å². The van der Waals surface area contributed by atoms with Crippen LogP contribution in [0.3, 0.4) is 0 Å². The molecule has 0 aliphatic rings. The van der Waals surface area contributed by atoms with Gasteiger partial charge in [0, 0.05) is 12.8 Å². The van der Waals surface area contributed by atoms with E-state index in [9.17, 15) is 14.7 Å². The fourth-order valence-electron chi connectivity index (χ4n) is 8.38. The standard InChI is InChI=1S/C53H104O5/c1-3-5-7-9-11-13-15-17-18-19-20-21-22-23-24-25-26-27-28-29-30-31-32-33-34-36-38-40-42-44-46-48-53(56)58-51(49-54)50-57-52(55)47-45-43-41-39-37-35-16-14-12-10-8-6-4-2/h51,54H,3-50H2,1-2H3. The number of unbranched alkanes of at least 4 members (excludes halogenated alkanes) is 42. The van der Waals surface area contributed by atoms with Crippen molar-refractivity contribution in [1.82, 2.24) is 0 Å². The summed E-state index contributed by atoms with van der Waals surface area (Å²) >= 11 is 0. The van der Waals surface area contributed by atoms with Gasteiger partial charge in [-0.25, -0.2) is 0 Å². The van der Waals surface area contributed by atoms with E-state index in [0.717, 1.165) is 32.1 Å². The molecule has 0 radical (unpaired) electrons. The van der Waals surface area contributed by atoms with Gasteiger partial charge in [0.15, 0.2) is 6.10 Å². The van der Waals surface area contributed by atoms with E-state index in [4.69, 9.17) is 9.47 Å². The summed E-state index contributed by atoms with van der Waals surface area (Å²) in [5.74, 6) is -0.569. The third kappa shape index (κ3) is 47.6. The molecule has 0 spiro atoms. The maximum atomic E-state index is 12.3. The molecule has 0 rings (SSSR count). The van der Waals surface area contributed by atoms with Crippen LogP contribution in [0.4, 0.5) is 0 Å². The van der Waals surface area contributed by atoms with Crippen LogP contribution in [0.5, 0.6) is 0 Å². The third-order valence-electron chi connectivity index (χ3n) is 12.4. The van der Waals surface area contributed by atoms with Crippen molar-refractivity contribution in [3.05, 3.63) is 0 Å². The summed E-state index contributed by atoms with van der Waals surface area (Å²) in [5.41, 5.74) is 0. The smallest absolute Gasteiger partial charge is 0.306 e. The second-order valence-electron chi connectivity index (χ2n) is 18.3. The molecule has 0 heterocycles. The van der Waals surface area contributed by atoms with Crippen LogP contribution in [0.15, 0.2) is 0 Å². The highest BCUT2D eigenvalue weighted by atomic mass is 16.6. The molecule has 0 fully saturated rings. The minimum atomic E-state index is -0.762. The average Bonchev–Trinajstić information content (AvgIpc) is 3.23. The quantitative estimate of drug-likeness (QED) is 0.0489. The molecule has 1 atom stereocenters. The molecular formula is C53H104O5. The predicted octanol–water partition coefficient (Wildman–Crippen LogP) is 17.4. The third-order valence-corrected chi connectivity index (χ3v) is 12.4. The van der Waals surface area contributed by atoms with E-state index < -0.39 is 6.10 Å². The Kier molecular flexibility index (Phi) is 49.3. The highest BCUT2D eigenvalue weighted by Crippen LogP contribution is 2.18. The van der Waals surface area contributed by atoms with Crippen molar-refractivity contribution in [1.29, 1.82) is 0 Å². The second-order valence-corrected chi connectivity index (χ2v) is 18.3. The zero-order chi connectivity index (χ0) is 42.1. The summed E-state index contributed by atoms with van der Waals surface area (Å²) in [4.78, 5) is 24.4. The Bertz CT molecular complexity index is 799. The Morgan fingerprint density at radius 2 is 0.534 bits per heavy atom. The van der Waals surface area contributed by atoms with Gasteiger partial charge in [-0.2, -0.15) is 0 Å². The maximum absolute atomic E-state index is 12.3. The largest absolute Gasteiger partial charge is 0.462 e. The molecular weight excluding hydrogens is 717 g/mol. The number of carbonyl (C=O) groups excluding carboxylic acids is 2. The molecule has 0 aliphatic carbocycles. The fraction of sp³-hybridized carbons (Fsp3) is 0.962. The number of carbonyl (C=O) groups is 2. The summed E-state index contributed by atoms with van der Waals surface area (Å²) in [6, 6.07) is 0. The molecule has 0 saturated carbocycles. The molecule has 58 heavy (non-hydrogen) atoms. The van der Waals surface area contributed by atoms with E-state index in [0.29, 0.717) is 12.8 Å². The Morgan fingerprint density at radius 1 is 0.328 bits per heavy atom. The van der Waals surface area contributed by atoms with E-state index in [1.165, 1.54) is 250 Å². The van der Waals surface area contributed by atoms with Gasteiger partial charge in [-0.1, -0.05) is 284 Å². The molecule has 5 nitrogen and oxygen atoms in total. The Hall–Kier alpha value is -1.10. The lowest BCUT2D eigenvalue weighted by molar-refractivity contribution is -0.161. The van der Waals surface area contributed by atoms with Crippen LogP contribution in [-0.2, 0) is 19.1 Å².